The van der Waals surface area contributed by atoms with E-state index in [1.807, 2.05) is 11.8 Å². The smallest absolute Gasteiger partial charge is 0.317 e. The van der Waals surface area contributed by atoms with Crippen LogP contribution >= 0.6 is 0 Å². The fourth-order valence-electron chi connectivity index (χ4n) is 2.09. The number of hydrogen-bond donors (Lipinski definition) is 2. The second-order valence-corrected chi connectivity index (χ2v) is 4.96. The highest BCUT2D eigenvalue weighted by Crippen LogP contribution is 2.02. The molecule has 1 aliphatic rings. The predicted octanol–water partition coefficient (Wildman–Crippen LogP) is -0.303. The van der Waals surface area contributed by atoms with Crippen LogP contribution in [0, 0.1) is 6.92 Å². The van der Waals surface area contributed by atoms with E-state index in [9.17, 15) is 9.59 Å². The van der Waals surface area contributed by atoms with Crippen LogP contribution in [0.5, 0.6) is 0 Å². The largest absolute Gasteiger partial charge is 0.480 e. The first-order valence-electron chi connectivity index (χ1n) is 6.79. The predicted molar refractivity (Wildman–Crippen MR) is 74.7 cm³/mol. The van der Waals surface area contributed by atoms with Crippen molar-refractivity contribution in [1.82, 2.24) is 25.1 Å². The van der Waals surface area contributed by atoms with Crippen LogP contribution in [-0.4, -0.2) is 69.6 Å². The summed E-state index contributed by atoms with van der Waals surface area (Å²) in [6, 6.07) is -0.160. The third-order valence-corrected chi connectivity index (χ3v) is 3.27. The van der Waals surface area contributed by atoms with Crippen molar-refractivity contribution in [2.45, 2.75) is 13.5 Å². The van der Waals surface area contributed by atoms with Crippen LogP contribution in [0.1, 0.15) is 11.4 Å². The number of amides is 2. The minimum absolute atomic E-state index is 0.0222. The van der Waals surface area contributed by atoms with Crippen molar-refractivity contribution in [2.24, 2.45) is 0 Å². The summed E-state index contributed by atoms with van der Waals surface area (Å²) in [4.78, 5) is 34.4. The Kier molecular flexibility index (Phi) is 5.04. The molecule has 1 aliphatic heterocycles. The van der Waals surface area contributed by atoms with Crippen LogP contribution in [0.15, 0.2) is 12.4 Å². The van der Waals surface area contributed by atoms with Gasteiger partial charge in [-0.05, 0) is 6.92 Å². The Hall–Kier alpha value is -2.22. The Bertz CT molecular complexity index is 497. The molecule has 21 heavy (non-hydrogen) atoms. The van der Waals surface area contributed by atoms with E-state index in [0.29, 0.717) is 38.4 Å². The average Bonchev–Trinajstić information content (AvgIpc) is 2.46. The number of nitrogens with zero attached hydrogens (tertiary/aromatic N) is 4. The van der Waals surface area contributed by atoms with E-state index < -0.39 is 5.97 Å². The number of carboxylic acid groups (broad SMARTS) is 1. The summed E-state index contributed by atoms with van der Waals surface area (Å²) in [5.74, 6) is -0.842. The standard InChI is InChI=1S/C13H19N5O3/c1-10-6-15-11(7-14-10)8-16-13(21)18-4-2-17(3-5-18)9-12(19)20/h6-7H,2-5,8-9H2,1H3,(H,16,21)(H,19,20). The van der Waals surface area contributed by atoms with Gasteiger partial charge in [-0.3, -0.25) is 19.7 Å². The van der Waals surface area contributed by atoms with Gasteiger partial charge in [0, 0.05) is 32.4 Å². The molecule has 1 aromatic rings. The lowest BCUT2D eigenvalue weighted by molar-refractivity contribution is -0.138. The molecule has 0 spiro atoms. The maximum Gasteiger partial charge on any atom is 0.317 e. The van der Waals surface area contributed by atoms with E-state index in [-0.39, 0.29) is 12.6 Å². The molecule has 1 aromatic heterocycles. The second kappa shape index (κ2) is 6.98. The average molecular weight is 293 g/mol. The molecule has 1 fully saturated rings. The number of hydrogen-bond acceptors (Lipinski definition) is 5. The lowest BCUT2D eigenvalue weighted by atomic mass is 10.3. The van der Waals surface area contributed by atoms with Gasteiger partial charge in [-0.25, -0.2) is 4.79 Å². The topological polar surface area (TPSA) is 98.7 Å². The number of carboxylic acids is 1. The Balaban J connectivity index is 1.74. The lowest BCUT2D eigenvalue weighted by Crippen LogP contribution is -2.52. The molecule has 0 bridgehead atoms. The van der Waals surface area contributed by atoms with Crippen molar-refractivity contribution in [2.75, 3.05) is 32.7 Å². The van der Waals surface area contributed by atoms with Crippen molar-refractivity contribution in [3.63, 3.8) is 0 Å². The molecule has 8 heteroatoms. The van der Waals surface area contributed by atoms with Gasteiger partial charge >= 0.3 is 12.0 Å². The SMILES string of the molecule is Cc1cnc(CNC(=O)N2CCN(CC(=O)O)CC2)cn1. The van der Waals surface area contributed by atoms with E-state index in [0.717, 1.165) is 5.69 Å². The van der Waals surface area contributed by atoms with Crippen molar-refractivity contribution in [1.29, 1.82) is 0 Å². The molecule has 0 saturated carbocycles. The minimum Gasteiger partial charge on any atom is -0.480 e. The second-order valence-electron chi connectivity index (χ2n) is 4.96. The molecule has 1 saturated heterocycles. The third-order valence-electron chi connectivity index (χ3n) is 3.27. The van der Waals surface area contributed by atoms with Gasteiger partial charge in [-0.2, -0.15) is 0 Å². The number of rotatable bonds is 4. The fraction of sp³-hybridized carbons (Fsp3) is 0.538. The molecule has 2 N–H and O–H groups in total. The van der Waals surface area contributed by atoms with Gasteiger partial charge in [-0.15, -0.1) is 0 Å². The molecule has 0 aliphatic carbocycles. The molecule has 2 rings (SSSR count). The number of aromatic nitrogens is 2. The summed E-state index contributed by atoms with van der Waals surface area (Å²) >= 11 is 0. The van der Waals surface area contributed by atoms with Gasteiger partial charge in [0.1, 0.15) is 0 Å². The lowest BCUT2D eigenvalue weighted by Gasteiger charge is -2.33. The summed E-state index contributed by atoms with van der Waals surface area (Å²) in [5, 5.41) is 11.5. The summed E-state index contributed by atoms with van der Waals surface area (Å²) in [7, 11) is 0. The Morgan fingerprint density at radius 2 is 1.95 bits per heavy atom. The molecule has 0 atom stereocenters. The fourth-order valence-corrected chi connectivity index (χ4v) is 2.09. The summed E-state index contributed by atoms with van der Waals surface area (Å²) < 4.78 is 0. The monoisotopic (exact) mass is 293 g/mol. The number of nitrogens with one attached hydrogen (secondary N) is 1. The zero-order valence-corrected chi connectivity index (χ0v) is 11.9. The minimum atomic E-state index is -0.842. The molecule has 0 aromatic carbocycles. The van der Waals surface area contributed by atoms with Gasteiger partial charge in [0.15, 0.2) is 0 Å². The first kappa shape index (κ1) is 15.2. The molecule has 2 heterocycles. The number of carbonyl (C=O) groups is 2. The summed E-state index contributed by atoms with van der Waals surface area (Å²) in [6.07, 6.45) is 3.30. The zero-order chi connectivity index (χ0) is 15.2. The number of aryl methyl sites for hydroxylation is 1. The van der Waals surface area contributed by atoms with Crippen LogP contribution < -0.4 is 5.32 Å². The Morgan fingerprint density at radius 3 is 2.52 bits per heavy atom. The van der Waals surface area contributed by atoms with Crippen molar-refractivity contribution >= 4 is 12.0 Å². The number of aliphatic carboxylic acids is 1. The highest BCUT2D eigenvalue weighted by atomic mass is 16.4. The van der Waals surface area contributed by atoms with Crippen molar-refractivity contribution in [3.8, 4) is 0 Å². The highest BCUT2D eigenvalue weighted by molar-refractivity contribution is 5.74. The quantitative estimate of drug-likeness (QED) is 0.790. The van der Waals surface area contributed by atoms with Crippen molar-refractivity contribution < 1.29 is 14.7 Å². The number of carbonyl (C=O) groups excluding carboxylic acids is 1. The van der Waals surface area contributed by atoms with Crippen LogP contribution in [0.25, 0.3) is 0 Å². The molecular formula is C13H19N5O3. The first-order chi connectivity index (χ1) is 10.0. The molecule has 0 radical (unpaired) electrons. The molecule has 0 unspecified atom stereocenters. The number of piperazine rings is 1. The third kappa shape index (κ3) is 4.67. The van der Waals surface area contributed by atoms with Crippen LogP contribution in [0.2, 0.25) is 0 Å². The van der Waals surface area contributed by atoms with Crippen molar-refractivity contribution in [3.05, 3.63) is 23.8 Å². The maximum atomic E-state index is 12.0. The van der Waals surface area contributed by atoms with E-state index in [1.54, 1.807) is 17.3 Å². The molecular weight excluding hydrogens is 274 g/mol. The van der Waals surface area contributed by atoms with E-state index >= 15 is 0 Å². The van der Waals surface area contributed by atoms with E-state index in [1.165, 1.54) is 0 Å². The van der Waals surface area contributed by atoms with E-state index in [2.05, 4.69) is 15.3 Å². The van der Waals surface area contributed by atoms with Gasteiger partial charge < -0.3 is 15.3 Å². The Morgan fingerprint density at radius 1 is 1.24 bits per heavy atom. The zero-order valence-electron chi connectivity index (χ0n) is 11.9. The molecule has 8 nitrogen and oxygen atoms in total. The van der Waals surface area contributed by atoms with E-state index in [4.69, 9.17) is 5.11 Å². The van der Waals surface area contributed by atoms with Gasteiger partial charge in [0.05, 0.1) is 30.7 Å². The normalized spacial score (nSPS) is 15.8. The highest BCUT2D eigenvalue weighted by Gasteiger charge is 2.21. The summed E-state index contributed by atoms with van der Waals surface area (Å²) in [6.45, 7) is 4.41. The summed E-state index contributed by atoms with van der Waals surface area (Å²) in [5.41, 5.74) is 1.54. The van der Waals surface area contributed by atoms with Crippen LogP contribution in [0.4, 0.5) is 4.79 Å². The molecule has 2 amide bonds. The van der Waals surface area contributed by atoms with Gasteiger partial charge in [-0.1, -0.05) is 0 Å². The molecule has 114 valence electrons. The van der Waals surface area contributed by atoms with Crippen LogP contribution in [0.3, 0.4) is 0 Å². The Labute approximate surface area is 122 Å². The van der Waals surface area contributed by atoms with Crippen LogP contribution in [-0.2, 0) is 11.3 Å². The van der Waals surface area contributed by atoms with Gasteiger partial charge in [0.2, 0.25) is 0 Å². The van der Waals surface area contributed by atoms with Gasteiger partial charge in [0.25, 0.3) is 0 Å². The first-order valence-corrected chi connectivity index (χ1v) is 6.79. The maximum absolute atomic E-state index is 12.0. The number of urea groups is 1.